The summed E-state index contributed by atoms with van der Waals surface area (Å²) in [4.78, 5) is 26.4. The normalized spacial score (nSPS) is 12.8. The van der Waals surface area contributed by atoms with Gasteiger partial charge in [-0.2, -0.15) is 0 Å². The molecule has 0 aromatic heterocycles. The molecule has 0 unspecified atom stereocenters. The molecule has 4 nitrogen and oxygen atoms in total. The molecule has 2 rings (SSSR count). The number of carbonyl (C=O) groups is 2. The molecule has 160 valence electrons. The summed E-state index contributed by atoms with van der Waals surface area (Å²) in [7, 11) is 3.20. The van der Waals surface area contributed by atoms with Gasteiger partial charge in [-0.25, -0.2) is 0 Å². The number of benzene rings is 2. The van der Waals surface area contributed by atoms with Crippen LogP contribution in [0.4, 0.5) is 0 Å². The van der Waals surface area contributed by atoms with Crippen molar-refractivity contribution in [3.05, 3.63) is 71.3 Å². The van der Waals surface area contributed by atoms with Gasteiger partial charge in [-0.05, 0) is 74.2 Å². The summed E-state index contributed by atoms with van der Waals surface area (Å²) < 4.78 is 10.4. The lowest BCUT2D eigenvalue weighted by molar-refractivity contribution is 0.0839. The number of hydrogen-bond acceptors (Lipinski definition) is 4. The SMILES string of the molecule is COc1ccc(C(=O)C[C@H](C(C)C)[C@H](C=C(C)C)C(=O)c2ccc(OC)cc2)cc1. The van der Waals surface area contributed by atoms with Gasteiger partial charge in [0.1, 0.15) is 11.5 Å². The molecule has 0 aliphatic heterocycles. The Balaban J connectivity index is 2.32. The lowest BCUT2D eigenvalue weighted by atomic mass is 9.75. The summed E-state index contributed by atoms with van der Waals surface area (Å²) >= 11 is 0. The average Bonchev–Trinajstić information content (AvgIpc) is 2.75. The third kappa shape index (κ3) is 6.06. The first-order chi connectivity index (χ1) is 14.3. The Labute approximate surface area is 179 Å². The van der Waals surface area contributed by atoms with Crippen LogP contribution in [0, 0.1) is 17.8 Å². The third-order valence-corrected chi connectivity index (χ3v) is 5.34. The van der Waals surface area contributed by atoms with Crippen LogP contribution in [-0.2, 0) is 0 Å². The quantitative estimate of drug-likeness (QED) is 0.357. The number of allylic oxidation sites excluding steroid dienone is 2. The fourth-order valence-electron chi connectivity index (χ4n) is 3.59. The predicted octanol–water partition coefficient (Wildman–Crippen LogP) is 6.01. The van der Waals surface area contributed by atoms with Gasteiger partial charge in [0, 0.05) is 23.5 Å². The van der Waals surface area contributed by atoms with Crippen LogP contribution >= 0.6 is 0 Å². The Morgan fingerprint density at radius 1 is 0.833 bits per heavy atom. The Morgan fingerprint density at radius 2 is 1.30 bits per heavy atom. The van der Waals surface area contributed by atoms with E-state index in [-0.39, 0.29) is 29.3 Å². The zero-order valence-electron chi connectivity index (χ0n) is 18.8. The number of ketones is 2. The first-order valence-corrected chi connectivity index (χ1v) is 10.3. The summed E-state index contributed by atoms with van der Waals surface area (Å²) in [6, 6.07) is 14.3. The molecule has 30 heavy (non-hydrogen) atoms. The van der Waals surface area contributed by atoms with Crippen molar-refractivity contribution in [2.45, 2.75) is 34.1 Å². The van der Waals surface area contributed by atoms with E-state index in [2.05, 4.69) is 13.8 Å². The van der Waals surface area contributed by atoms with E-state index in [0.29, 0.717) is 29.0 Å². The van der Waals surface area contributed by atoms with E-state index < -0.39 is 0 Å². The van der Waals surface area contributed by atoms with Gasteiger partial charge in [0.25, 0.3) is 0 Å². The molecule has 0 amide bonds. The maximum atomic E-state index is 13.4. The summed E-state index contributed by atoms with van der Waals surface area (Å²) in [5.41, 5.74) is 2.32. The number of methoxy groups -OCH3 is 2. The molecule has 0 aliphatic carbocycles. The minimum absolute atomic E-state index is 0.0279. The molecule has 0 heterocycles. The molecule has 0 aliphatic rings. The minimum atomic E-state index is -0.370. The fourth-order valence-corrected chi connectivity index (χ4v) is 3.59. The molecule has 0 radical (unpaired) electrons. The zero-order chi connectivity index (χ0) is 22.3. The molecule has 2 aromatic carbocycles. The second-order valence-corrected chi connectivity index (χ2v) is 8.13. The van der Waals surface area contributed by atoms with Crippen LogP contribution in [0.25, 0.3) is 0 Å². The summed E-state index contributed by atoms with van der Waals surface area (Å²) in [5.74, 6) is 1.17. The average molecular weight is 409 g/mol. The van der Waals surface area contributed by atoms with Crippen LogP contribution in [0.15, 0.2) is 60.2 Å². The number of hydrogen-bond donors (Lipinski definition) is 0. The summed E-state index contributed by atoms with van der Waals surface area (Å²) in [6.07, 6.45) is 2.30. The fraction of sp³-hybridized carbons (Fsp3) is 0.385. The van der Waals surface area contributed by atoms with E-state index >= 15 is 0 Å². The number of Topliss-reactive ketones (excluding diaryl/α,β-unsaturated/α-hetero) is 2. The molecule has 0 spiro atoms. The Bertz CT molecular complexity index is 872. The van der Waals surface area contributed by atoms with Crippen molar-refractivity contribution in [3.63, 3.8) is 0 Å². The second kappa shape index (κ2) is 10.8. The molecule has 0 bridgehead atoms. The van der Waals surface area contributed by atoms with Gasteiger partial charge in [0.05, 0.1) is 14.2 Å². The lowest BCUT2D eigenvalue weighted by Gasteiger charge is -2.27. The van der Waals surface area contributed by atoms with Crippen LogP contribution in [0.5, 0.6) is 11.5 Å². The largest absolute Gasteiger partial charge is 0.497 e. The second-order valence-electron chi connectivity index (χ2n) is 8.13. The van der Waals surface area contributed by atoms with Gasteiger partial charge in [-0.1, -0.05) is 25.5 Å². The molecule has 0 N–H and O–H groups in total. The molecular weight excluding hydrogens is 376 g/mol. The highest BCUT2D eigenvalue weighted by Gasteiger charge is 2.31. The first kappa shape index (κ1) is 23.4. The van der Waals surface area contributed by atoms with Crippen molar-refractivity contribution in [1.29, 1.82) is 0 Å². The molecule has 2 atom stereocenters. The molecule has 0 saturated carbocycles. The van der Waals surface area contributed by atoms with Crippen LogP contribution in [-0.4, -0.2) is 25.8 Å². The van der Waals surface area contributed by atoms with Gasteiger partial charge in [-0.3, -0.25) is 9.59 Å². The van der Waals surface area contributed by atoms with Crippen molar-refractivity contribution in [1.82, 2.24) is 0 Å². The highest BCUT2D eigenvalue weighted by molar-refractivity contribution is 6.01. The standard InChI is InChI=1S/C26H32O4/c1-17(2)15-24(26(28)20-9-13-22(30-6)14-10-20)23(18(3)4)16-25(27)19-7-11-21(29-5)12-8-19/h7-15,18,23-24H,16H2,1-6H3/t23-,24+/m1/s1. The Hall–Kier alpha value is -2.88. The summed E-state index contributed by atoms with van der Waals surface area (Å²) in [6.45, 7) is 8.10. The van der Waals surface area contributed by atoms with Crippen LogP contribution in [0.2, 0.25) is 0 Å². The third-order valence-electron chi connectivity index (χ3n) is 5.34. The number of carbonyl (C=O) groups excluding carboxylic acids is 2. The van der Waals surface area contributed by atoms with E-state index in [0.717, 1.165) is 5.57 Å². The maximum absolute atomic E-state index is 13.4. The van der Waals surface area contributed by atoms with E-state index in [1.54, 1.807) is 62.8 Å². The van der Waals surface area contributed by atoms with Crippen molar-refractivity contribution in [3.8, 4) is 11.5 Å². The van der Waals surface area contributed by atoms with E-state index in [1.807, 2.05) is 19.9 Å². The van der Waals surface area contributed by atoms with Gasteiger partial charge in [0.15, 0.2) is 11.6 Å². The molecule has 4 heteroatoms. The number of rotatable bonds is 10. The first-order valence-electron chi connectivity index (χ1n) is 10.3. The highest BCUT2D eigenvalue weighted by Crippen LogP contribution is 2.32. The van der Waals surface area contributed by atoms with Crippen LogP contribution < -0.4 is 9.47 Å². The molecule has 2 aromatic rings. The Morgan fingerprint density at radius 3 is 1.70 bits per heavy atom. The number of ether oxygens (including phenoxy) is 2. The van der Waals surface area contributed by atoms with Crippen LogP contribution in [0.1, 0.15) is 54.8 Å². The monoisotopic (exact) mass is 408 g/mol. The molecular formula is C26H32O4. The summed E-state index contributed by atoms with van der Waals surface area (Å²) in [5, 5.41) is 0. The van der Waals surface area contributed by atoms with Crippen molar-refractivity contribution < 1.29 is 19.1 Å². The zero-order valence-corrected chi connectivity index (χ0v) is 18.8. The van der Waals surface area contributed by atoms with Gasteiger partial charge in [-0.15, -0.1) is 0 Å². The minimum Gasteiger partial charge on any atom is -0.497 e. The van der Waals surface area contributed by atoms with Crippen LogP contribution in [0.3, 0.4) is 0 Å². The smallest absolute Gasteiger partial charge is 0.170 e. The maximum Gasteiger partial charge on any atom is 0.170 e. The van der Waals surface area contributed by atoms with E-state index in [1.165, 1.54) is 0 Å². The molecule has 0 fully saturated rings. The lowest BCUT2D eigenvalue weighted by Crippen LogP contribution is -2.29. The van der Waals surface area contributed by atoms with Crippen molar-refractivity contribution in [2.24, 2.45) is 17.8 Å². The van der Waals surface area contributed by atoms with Gasteiger partial charge < -0.3 is 9.47 Å². The van der Waals surface area contributed by atoms with Gasteiger partial charge >= 0.3 is 0 Å². The Kier molecular flexibility index (Phi) is 8.40. The van der Waals surface area contributed by atoms with Crippen molar-refractivity contribution in [2.75, 3.05) is 14.2 Å². The topological polar surface area (TPSA) is 52.6 Å². The van der Waals surface area contributed by atoms with E-state index in [9.17, 15) is 9.59 Å². The van der Waals surface area contributed by atoms with Gasteiger partial charge in [0.2, 0.25) is 0 Å². The molecule has 0 saturated heterocycles. The van der Waals surface area contributed by atoms with E-state index in [4.69, 9.17) is 9.47 Å². The van der Waals surface area contributed by atoms with Crippen molar-refractivity contribution >= 4 is 11.6 Å². The predicted molar refractivity (Wildman–Crippen MR) is 121 cm³/mol. The highest BCUT2D eigenvalue weighted by atomic mass is 16.5.